The molecule has 0 aromatic heterocycles. The molecule has 0 nitrogen and oxygen atoms in total. The lowest BCUT2D eigenvalue weighted by Crippen LogP contribution is -2.31. The average molecular weight is 207 g/mol. The van der Waals surface area contributed by atoms with Crippen LogP contribution in [-0.2, 0) is 0 Å². The lowest BCUT2D eigenvalue weighted by molar-refractivity contribution is -0.153. The zero-order chi connectivity index (χ0) is 10.6. The molecular formula is C7H9F6. The van der Waals surface area contributed by atoms with Gasteiger partial charge in [-0.25, -0.2) is 13.2 Å². The zero-order valence-electron chi connectivity index (χ0n) is 6.62. The average Bonchev–Trinajstić information content (AvgIpc) is 1.98. The molecule has 0 bridgehead atoms. The van der Waals surface area contributed by atoms with Crippen LogP contribution in [0.25, 0.3) is 0 Å². The van der Waals surface area contributed by atoms with Gasteiger partial charge in [0.1, 0.15) is 12.3 Å². The number of rotatable bonds is 4. The molecule has 0 N–H and O–H groups in total. The lowest BCUT2D eigenvalue weighted by Gasteiger charge is -2.17. The molecule has 0 heterocycles. The summed E-state index contributed by atoms with van der Waals surface area (Å²) in [6.45, 7) is 2.92. The molecule has 0 fully saturated rings. The largest absolute Gasteiger partial charge is 0.392 e. The van der Waals surface area contributed by atoms with E-state index in [1.54, 1.807) is 0 Å². The summed E-state index contributed by atoms with van der Waals surface area (Å²) in [6, 6.07) is 0. The highest BCUT2D eigenvalue weighted by molar-refractivity contribution is 4.79. The summed E-state index contributed by atoms with van der Waals surface area (Å²) in [7, 11) is 0. The molecule has 0 amide bonds. The third-order valence-electron chi connectivity index (χ3n) is 1.39. The highest BCUT2D eigenvalue weighted by Crippen LogP contribution is 2.27. The van der Waals surface area contributed by atoms with Crippen LogP contribution in [0.1, 0.15) is 12.8 Å². The fourth-order valence-electron chi connectivity index (χ4n) is 0.720. The molecule has 1 radical (unpaired) electrons. The molecule has 0 aliphatic carbocycles. The van der Waals surface area contributed by atoms with Gasteiger partial charge >= 0.3 is 6.18 Å². The normalized spacial score (nSPS) is 19.6. The first-order valence-corrected chi connectivity index (χ1v) is 3.56. The molecule has 6 heteroatoms. The van der Waals surface area contributed by atoms with E-state index in [9.17, 15) is 26.3 Å². The molecule has 79 valence electrons. The van der Waals surface area contributed by atoms with Crippen molar-refractivity contribution in [2.75, 3.05) is 0 Å². The Labute approximate surface area is 71.9 Å². The van der Waals surface area contributed by atoms with Gasteiger partial charge in [-0.05, 0) is 6.42 Å². The van der Waals surface area contributed by atoms with Crippen LogP contribution >= 0.6 is 0 Å². The minimum absolute atomic E-state index is 0.584. The van der Waals surface area contributed by atoms with E-state index in [1.807, 2.05) is 0 Å². The first kappa shape index (κ1) is 12.6. The predicted molar refractivity (Wildman–Crippen MR) is 35.3 cm³/mol. The molecular weight excluding hydrogens is 198 g/mol. The Kier molecular flexibility index (Phi) is 4.56. The Morgan fingerprint density at radius 1 is 1.00 bits per heavy atom. The van der Waals surface area contributed by atoms with Crippen molar-refractivity contribution in [3.8, 4) is 0 Å². The molecule has 2 unspecified atom stereocenters. The number of hydrogen-bond donors (Lipinski definition) is 0. The first-order valence-electron chi connectivity index (χ1n) is 3.56. The predicted octanol–water partition coefficient (Wildman–Crippen LogP) is 3.18. The molecule has 0 spiro atoms. The minimum Gasteiger partial charge on any atom is -0.244 e. The second-order valence-corrected chi connectivity index (χ2v) is 2.58. The SMILES string of the molecule is [CH2]CC(F)[C@H](F)C(F)CC(F)(F)F. The maximum Gasteiger partial charge on any atom is 0.392 e. The van der Waals surface area contributed by atoms with Crippen molar-refractivity contribution in [1.82, 2.24) is 0 Å². The van der Waals surface area contributed by atoms with Crippen molar-refractivity contribution in [2.24, 2.45) is 0 Å². The van der Waals surface area contributed by atoms with Crippen LogP contribution in [0.5, 0.6) is 0 Å². The van der Waals surface area contributed by atoms with Crippen LogP contribution in [-0.4, -0.2) is 24.7 Å². The first-order chi connectivity index (χ1) is 5.78. The second kappa shape index (κ2) is 4.72. The van der Waals surface area contributed by atoms with Crippen LogP contribution in [0.2, 0.25) is 0 Å². The van der Waals surface area contributed by atoms with Crippen molar-refractivity contribution >= 4 is 0 Å². The van der Waals surface area contributed by atoms with E-state index in [-0.39, 0.29) is 0 Å². The molecule has 13 heavy (non-hydrogen) atoms. The van der Waals surface area contributed by atoms with Gasteiger partial charge < -0.3 is 0 Å². The van der Waals surface area contributed by atoms with Crippen LogP contribution < -0.4 is 0 Å². The number of halogens is 6. The molecule has 0 aromatic rings. The van der Waals surface area contributed by atoms with Crippen LogP contribution in [0.3, 0.4) is 0 Å². The Morgan fingerprint density at radius 3 is 1.77 bits per heavy atom. The molecule has 0 rings (SSSR count). The van der Waals surface area contributed by atoms with E-state index in [0.717, 1.165) is 0 Å². The van der Waals surface area contributed by atoms with Gasteiger partial charge in [-0.1, -0.05) is 6.92 Å². The Bertz CT molecular complexity index is 142. The van der Waals surface area contributed by atoms with E-state index in [0.29, 0.717) is 0 Å². The standard InChI is InChI=1S/C7H9F6/c1-2-4(8)6(10)5(9)3-7(11,12)13/h4-6H,1-3H2/t4?,5?,6-/m0/s1. The maximum absolute atomic E-state index is 12.4. The van der Waals surface area contributed by atoms with Crippen LogP contribution in [0.15, 0.2) is 0 Å². The molecule has 0 aromatic carbocycles. The summed E-state index contributed by atoms with van der Waals surface area (Å²) in [4.78, 5) is 0. The van der Waals surface area contributed by atoms with Crippen molar-refractivity contribution in [1.29, 1.82) is 0 Å². The summed E-state index contributed by atoms with van der Waals surface area (Å²) in [5.41, 5.74) is 0. The Hall–Kier alpha value is -0.420. The monoisotopic (exact) mass is 207 g/mol. The van der Waals surface area contributed by atoms with Gasteiger partial charge in [0.05, 0.1) is 6.42 Å². The van der Waals surface area contributed by atoms with Crippen molar-refractivity contribution in [3.63, 3.8) is 0 Å². The third kappa shape index (κ3) is 5.00. The van der Waals surface area contributed by atoms with E-state index < -0.39 is 37.5 Å². The quantitative estimate of drug-likeness (QED) is 0.621. The summed E-state index contributed by atoms with van der Waals surface area (Å²) in [5.74, 6) is 0. The fraction of sp³-hybridized carbons (Fsp3) is 0.857. The Morgan fingerprint density at radius 2 is 1.46 bits per heavy atom. The van der Waals surface area contributed by atoms with Gasteiger partial charge in [0.25, 0.3) is 0 Å². The van der Waals surface area contributed by atoms with Gasteiger partial charge in [0, 0.05) is 0 Å². The van der Waals surface area contributed by atoms with Crippen LogP contribution in [0.4, 0.5) is 26.3 Å². The molecule has 0 aliphatic rings. The summed E-state index contributed by atoms with van der Waals surface area (Å²) in [6.07, 6.45) is -15.2. The minimum atomic E-state index is -4.81. The summed E-state index contributed by atoms with van der Waals surface area (Å²) < 4.78 is 71.6. The van der Waals surface area contributed by atoms with Gasteiger partial charge in [-0.3, -0.25) is 0 Å². The highest BCUT2D eigenvalue weighted by Gasteiger charge is 2.38. The lowest BCUT2D eigenvalue weighted by atomic mass is 10.1. The van der Waals surface area contributed by atoms with Gasteiger partial charge in [-0.15, -0.1) is 0 Å². The van der Waals surface area contributed by atoms with Gasteiger partial charge in [0.2, 0.25) is 0 Å². The fourth-order valence-corrected chi connectivity index (χ4v) is 0.720. The van der Waals surface area contributed by atoms with E-state index >= 15 is 0 Å². The highest BCUT2D eigenvalue weighted by atomic mass is 19.4. The third-order valence-corrected chi connectivity index (χ3v) is 1.39. The zero-order valence-corrected chi connectivity index (χ0v) is 6.62. The number of alkyl halides is 6. The smallest absolute Gasteiger partial charge is 0.244 e. The summed E-state index contributed by atoms with van der Waals surface area (Å²) in [5, 5.41) is 0. The van der Waals surface area contributed by atoms with E-state index in [1.165, 1.54) is 0 Å². The van der Waals surface area contributed by atoms with Crippen molar-refractivity contribution in [3.05, 3.63) is 6.92 Å². The van der Waals surface area contributed by atoms with Crippen molar-refractivity contribution in [2.45, 2.75) is 37.5 Å². The molecule has 0 saturated heterocycles. The van der Waals surface area contributed by atoms with E-state index in [2.05, 4.69) is 6.92 Å². The van der Waals surface area contributed by atoms with Gasteiger partial charge in [0.15, 0.2) is 6.17 Å². The maximum atomic E-state index is 12.4. The molecule has 3 atom stereocenters. The second-order valence-electron chi connectivity index (χ2n) is 2.58. The summed E-state index contributed by atoms with van der Waals surface area (Å²) >= 11 is 0. The topological polar surface area (TPSA) is 0 Å². The van der Waals surface area contributed by atoms with Crippen LogP contribution in [0, 0.1) is 6.92 Å². The Balaban J connectivity index is 4.03. The molecule has 0 saturated carbocycles. The van der Waals surface area contributed by atoms with Crippen molar-refractivity contribution < 1.29 is 26.3 Å². The van der Waals surface area contributed by atoms with E-state index in [4.69, 9.17) is 0 Å². The van der Waals surface area contributed by atoms with Gasteiger partial charge in [-0.2, -0.15) is 13.2 Å². The molecule has 0 aliphatic heterocycles. The number of hydrogen-bond acceptors (Lipinski definition) is 0.